The van der Waals surface area contributed by atoms with E-state index >= 15 is 0 Å². The van der Waals surface area contributed by atoms with Gasteiger partial charge in [-0.1, -0.05) is 41.9 Å². The number of nitrogens with one attached hydrogen (secondary N) is 2. The van der Waals surface area contributed by atoms with Crippen molar-refractivity contribution in [2.24, 2.45) is 5.92 Å². The molecule has 2 atom stereocenters. The highest BCUT2D eigenvalue weighted by Gasteiger charge is 2.28. The number of Topliss-reactive ketones (excluding diaryl/α,β-unsaturated/α-hetero) is 1. The Balaban J connectivity index is 1.76. The zero-order chi connectivity index (χ0) is 22.2. The molecule has 160 valence electrons. The molecule has 7 nitrogen and oxygen atoms in total. The van der Waals surface area contributed by atoms with Crippen LogP contribution in [0.15, 0.2) is 67.1 Å². The number of carbonyl (C=O) groups is 3. The van der Waals surface area contributed by atoms with Crippen molar-refractivity contribution in [3.8, 4) is 0 Å². The summed E-state index contributed by atoms with van der Waals surface area (Å²) in [5.74, 6) is -2.59. The van der Waals surface area contributed by atoms with Crippen molar-refractivity contribution < 1.29 is 19.5 Å². The summed E-state index contributed by atoms with van der Waals surface area (Å²) in [6.07, 6.45) is 3.26. The molecule has 0 saturated heterocycles. The number of hydrogen-bond acceptors (Lipinski definition) is 4. The molecule has 3 rings (SSSR count). The fourth-order valence-corrected chi connectivity index (χ4v) is 3.37. The molecule has 1 amide bonds. The summed E-state index contributed by atoms with van der Waals surface area (Å²) in [4.78, 5) is 44.2. The van der Waals surface area contributed by atoms with E-state index in [1.54, 1.807) is 24.3 Å². The lowest BCUT2D eigenvalue weighted by Crippen LogP contribution is -2.45. The van der Waals surface area contributed by atoms with Crippen LogP contribution in [0.5, 0.6) is 0 Å². The topological polar surface area (TPSA) is 112 Å². The van der Waals surface area contributed by atoms with E-state index < -0.39 is 23.8 Å². The van der Waals surface area contributed by atoms with Crippen LogP contribution in [0.1, 0.15) is 28.0 Å². The number of carboxylic acid groups (broad SMARTS) is 1. The number of amides is 1. The second-order valence-electron chi connectivity index (χ2n) is 7.20. The number of aromatic amines is 1. The second-order valence-corrected chi connectivity index (χ2v) is 7.64. The van der Waals surface area contributed by atoms with Crippen molar-refractivity contribution in [2.75, 3.05) is 0 Å². The van der Waals surface area contributed by atoms with Gasteiger partial charge in [0.2, 0.25) is 5.91 Å². The molecular weight excluding hydrogens is 418 g/mol. The molecule has 1 heterocycles. The Kier molecular flexibility index (Phi) is 7.56. The van der Waals surface area contributed by atoms with Crippen molar-refractivity contribution in [3.05, 3.63) is 89.0 Å². The predicted octanol–water partition coefficient (Wildman–Crippen LogP) is 3.31. The van der Waals surface area contributed by atoms with Gasteiger partial charge in [-0.2, -0.15) is 0 Å². The van der Waals surface area contributed by atoms with Gasteiger partial charge in [-0.3, -0.25) is 9.59 Å². The van der Waals surface area contributed by atoms with Gasteiger partial charge in [0.25, 0.3) is 0 Å². The summed E-state index contributed by atoms with van der Waals surface area (Å²) in [6, 6.07) is 14.6. The van der Waals surface area contributed by atoms with Gasteiger partial charge >= 0.3 is 5.97 Å². The molecule has 1 unspecified atom stereocenters. The number of carboxylic acids is 1. The number of carbonyl (C=O) groups excluding carboxylic acids is 2. The third kappa shape index (κ3) is 6.52. The van der Waals surface area contributed by atoms with Crippen molar-refractivity contribution >= 4 is 29.3 Å². The van der Waals surface area contributed by atoms with Crippen molar-refractivity contribution in [1.29, 1.82) is 0 Å². The number of rotatable bonds is 10. The van der Waals surface area contributed by atoms with Crippen molar-refractivity contribution in [2.45, 2.75) is 25.3 Å². The minimum atomic E-state index is -1.16. The molecule has 0 saturated carbocycles. The molecule has 3 aromatic rings. The van der Waals surface area contributed by atoms with E-state index in [2.05, 4.69) is 15.3 Å². The van der Waals surface area contributed by atoms with Gasteiger partial charge < -0.3 is 15.4 Å². The Hall–Kier alpha value is -3.45. The fraction of sp³-hybridized carbons (Fsp3) is 0.217. The fourth-order valence-electron chi connectivity index (χ4n) is 3.24. The maximum atomic E-state index is 13.0. The molecule has 0 fully saturated rings. The first-order valence-corrected chi connectivity index (χ1v) is 10.1. The number of ketones is 1. The first-order chi connectivity index (χ1) is 14.9. The minimum Gasteiger partial charge on any atom is -0.480 e. The maximum absolute atomic E-state index is 13.0. The second kappa shape index (κ2) is 10.5. The van der Waals surface area contributed by atoms with Gasteiger partial charge in [0, 0.05) is 41.2 Å². The molecule has 0 spiro atoms. The maximum Gasteiger partial charge on any atom is 0.326 e. The number of benzene rings is 2. The SMILES string of the molecule is O=C(CC(Cc1ccccc1)C(=O)N[C@H](Cc1cnc[nH]1)C(=O)O)c1ccc(Cl)cc1. The van der Waals surface area contributed by atoms with Crippen LogP contribution >= 0.6 is 11.6 Å². The quantitative estimate of drug-likeness (QED) is 0.419. The molecule has 0 aliphatic heterocycles. The zero-order valence-electron chi connectivity index (χ0n) is 16.6. The number of aliphatic carboxylic acids is 1. The van der Waals surface area contributed by atoms with Crippen LogP contribution in [0.3, 0.4) is 0 Å². The summed E-state index contributed by atoms with van der Waals surface area (Å²) in [5.41, 5.74) is 1.92. The van der Waals surface area contributed by atoms with Gasteiger partial charge in [-0.05, 0) is 36.2 Å². The number of halogens is 1. The number of hydrogen-bond donors (Lipinski definition) is 3. The molecule has 0 aliphatic carbocycles. The molecular formula is C23H22ClN3O4. The van der Waals surface area contributed by atoms with Crippen LogP contribution < -0.4 is 5.32 Å². The number of nitrogens with zero attached hydrogens (tertiary/aromatic N) is 1. The lowest BCUT2D eigenvalue weighted by Gasteiger charge is -2.20. The highest BCUT2D eigenvalue weighted by molar-refractivity contribution is 6.30. The van der Waals surface area contributed by atoms with Gasteiger partial charge in [0.1, 0.15) is 6.04 Å². The smallest absolute Gasteiger partial charge is 0.326 e. The number of imidazole rings is 1. The Morgan fingerprint density at radius 1 is 1.03 bits per heavy atom. The number of aromatic nitrogens is 2. The standard InChI is InChI=1S/C23H22ClN3O4/c24-18-8-6-16(7-9-18)21(28)11-17(10-15-4-2-1-3-5-15)22(29)27-20(23(30)31)12-19-13-25-14-26-19/h1-9,13-14,17,20H,10-12H2,(H,25,26)(H,27,29)(H,30,31)/t17?,20-/m1/s1. The Morgan fingerprint density at radius 2 is 1.74 bits per heavy atom. The van der Waals surface area contributed by atoms with E-state index in [9.17, 15) is 19.5 Å². The van der Waals surface area contributed by atoms with Crippen molar-refractivity contribution in [1.82, 2.24) is 15.3 Å². The van der Waals surface area contributed by atoms with Crippen LogP contribution in [0.2, 0.25) is 5.02 Å². The van der Waals surface area contributed by atoms with Crippen LogP contribution in [0.25, 0.3) is 0 Å². The average molecular weight is 440 g/mol. The molecule has 0 bridgehead atoms. The van der Waals surface area contributed by atoms with Crippen LogP contribution in [0.4, 0.5) is 0 Å². The Morgan fingerprint density at radius 3 is 2.35 bits per heavy atom. The average Bonchev–Trinajstić information content (AvgIpc) is 3.27. The van der Waals surface area contributed by atoms with Crippen LogP contribution in [0, 0.1) is 5.92 Å². The third-order valence-corrected chi connectivity index (χ3v) is 5.14. The highest BCUT2D eigenvalue weighted by atomic mass is 35.5. The molecule has 8 heteroatoms. The zero-order valence-corrected chi connectivity index (χ0v) is 17.4. The third-order valence-electron chi connectivity index (χ3n) is 4.89. The highest BCUT2D eigenvalue weighted by Crippen LogP contribution is 2.18. The lowest BCUT2D eigenvalue weighted by molar-refractivity contribution is -0.142. The van der Waals surface area contributed by atoms with Crippen LogP contribution in [-0.2, 0) is 22.4 Å². The number of H-pyrrole nitrogens is 1. The van der Waals surface area contributed by atoms with Gasteiger partial charge in [-0.25, -0.2) is 9.78 Å². The summed E-state index contributed by atoms with van der Waals surface area (Å²) in [6.45, 7) is 0. The van der Waals surface area contributed by atoms with E-state index in [1.165, 1.54) is 12.5 Å². The Bertz CT molecular complexity index is 1020. The first-order valence-electron chi connectivity index (χ1n) is 9.75. The van der Waals surface area contributed by atoms with Crippen molar-refractivity contribution in [3.63, 3.8) is 0 Å². The van der Waals surface area contributed by atoms with E-state index in [4.69, 9.17) is 11.6 Å². The molecule has 3 N–H and O–H groups in total. The van der Waals surface area contributed by atoms with E-state index in [0.29, 0.717) is 22.7 Å². The normalized spacial score (nSPS) is 12.7. The lowest BCUT2D eigenvalue weighted by atomic mass is 9.91. The largest absolute Gasteiger partial charge is 0.480 e. The van der Waals surface area contributed by atoms with Crippen LogP contribution in [-0.4, -0.2) is 38.8 Å². The van der Waals surface area contributed by atoms with E-state index in [1.807, 2.05) is 30.3 Å². The van der Waals surface area contributed by atoms with Gasteiger partial charge in [-0.15, -0.1) is 0 Å². The molecule has 31 heavy (non-hydrogen) atoms. The van der Waals surface area contributed by atoms with Gasteiger partial charge in [0.15, 0.2) is 5.78 Å². The first kappa shape index (κ1) is 22.2. The summed E-state index contributed by atoms with van der Waals surface area (Å²) in [7, 11) is 0. The Labute approximate surface area is 184 Å². The molecule has 1 aromatic heterocycles. The minimum absolute atomic E-state index is 0.0568. The van der Waals surface area contributed by atoms with Gasteiger partial charge in [0.05, 0.1) is 6.33 Å². The molecule has 0 aliphatic rings. The van der Waals surface area contributed by atoms with E-state index in [-0.39, 0.29) is 18.6 Å². The van der Waals surface area contributed by atoms with E-state index in [0.717, 1.165) is 5.56 Å². The monoisotopic (exact) mass is 439 g/mol. The summed E-state index contributed by atoms with van der Waals surface area (Å²) >= 11 is 5.89. The summed E-state index contributed by atoms with van der Waals surface area (Å²) in [5, 5.41) is 12.6. The molecule has 0 radical (unpaired) electrons. The molecule has 2 aromatic carbocycles. The summed E-state index contributed by atoms with van der Waals surface area (Å²) < 4.78 is 0. The predicted molar refractivity (Wildman–Crippen MR) is 116 cm³/mol.